The second-order valence-electron chi connectivity index (χ2n) is 4.77. The van der Waals surface area contributed by atoms with Gasteiger partial charge in [-0.15, -0.1) is 0 Å². The van der Waals surface area contributed by atoms with Crippen LogP contribution in [0, 0.1) is 11.8 Å². The van der Waals surface area contributed by atoms with Gasteiger partial charge in [0.2, 0.25) is 0 Å². The van der Waals surface area contributed by atoms with Crippen molar-refractivity contribution in [1.82, 2.24) is 0 Å². The van der Waals surface area contributed by atoms with Gasteiger partial charge in [-0.3, -0.25) is 0 Å². The van der Waals surface area contributed by atoms with Crippen LogP contribution in [0.1, 0.15) is 40.5 Å². The molecule has 0 radical (unpaired) electrons. The molecule has 0 spiro atoms. The summed E-state index contributed by atoms with van der Waals surface area (Å²) >= 11 is 1.96. The molecule has 0 aromatic carbocycles. The van der Waals surface area contributed by atoms with Gasteiger partial charge in [-0.25, -0.2) is 4.58 Å². The molecule has 0 saturated carbocycles. The Morgan fingerprint density at radius 3 is 2.50 bits per heavy atom. The molecule has 0 saturated heterocycles. The van der Waals surface area contributed by atoms with Crippen molar-refractivity contribution in [1.29, 1.82) is 0 Å². The van der Waals surface area contributed by atoms with Crippen molar-refractivity contribution in [3.63, 3.8) is 0 Å². The maximum absolute atomic E-state index is 2.56. The zero-order valence-electron chi connectivity index (χ0n) is 9.99. The summed E-state index contributed by atoms with van der Waals surface area (Å²) in [6, 6.07) is 0.764. The van der Waals surface area contributed by atoms with E-state index in [4.69, 9.17) is 0 Å². The normalized spacial score (nSPS) is 21.1. The van der Waals surface area contributed by atoms with Gasteiger partial charge in [-0.05, 0) is 5.92 Å². The predicted molar refractivity (Wildman–Crippen MR) is 66.3 cm³/mol. The summed E-state index contributed by atoms with van der Waals surface area (Å²) in [7, 11) is 0. The first-order chi connectivity index (χ1) is 6.65. The molecule has 2 heteroatoms. The van der Waals surface area contributed by atoms with Crippen molar-refractivity contribution in [2.45, 2.75) is 46.6 Å². The van der Waals surface area contributed by atoms with Gasteiger partial charge >= 0.3 is 0 Å². The molecular formula is C12H24NS+. The van der Waals surface area contributed by atoms with Crippen LogP contribution in [0.25, 0.3) is 0 Å². The second kappa shape index (κ2) is 5.79. The number of rotatable bonds is 5. The standard InChI is InChI=1S/C12H24NS/c1-5-11(4)8-12(10(2)3)13-6-7-14-9-13/h9-12H,5-8H2,1-4H3/q+1. The van der Waals surface area contributed by atoms with E-state index in [0.717, 1.165) is 17.9 Å². The summed E-state index contributed by atoms with van der Waals surface area (Å²) in [5.74, 6) is 2.92. The van der Waals surface area contributed by atoms with Gasteiger partial charge in [0, 0.05) is 12.3 Å². The molecule has 0 bridgehead atoms. The Balaban J connectivity index is 2.55. The van der Waals surface area contributed by atoms with E-state index in [9.17, 15) is 0 Å². The molecule has 0 fully saturated rings. The maximum atomic E-state index is 2.56. The van der Waals surface area contributed by atoms with Crippen LogP contribution in [0.5, 0.6) is 0 Å². The highest BCUT2D eigenvalue weighted by atomic mass is 32.2. The zero-order chi connectivity index (χ0) is 10.6. The first-order valence-electron chi connectivity index (χ1n) is 5.85. The summed E-state index contributed by atoms with van der Waals surface area (Å²) in [5, 5.41) is 0. The van der Waals surface area contributed by atoms with Crippen LogP contribution < -0.4 is 0 Å². The van der Waals surface area contributed by atoms with Crippen molar-refractivity contribution in [2.24, 2.45) is 11.8 Å². The Hall–Kier alpha value is 0.0200. The lowest BCUT2D eigenvalue weighted by molar-refractivity contribution is -0.562. The maximum Gasteiger partial charge on any atom is 0.198 e. The molecule has 1 aliphatic rings. The Morgan fingerprint density at radius 2 is 2.07 bits per heavy atom. The van der Waals surface area contributed by atoms with Crippen LogP contribution in [0.2, 0.25) is 0 Å². The molecule has 1 rings (SSSR count). The predicted octanol–water partition coefficient (Wildman–Crippen LogP) is 3.23. The highest BCUT2D eigenvalue weighted by molar-refractivity contribution is 8.12. The number of hydrogen-bond acceptors (Lipinski definition) is 1. The molecule has 1 nitrogen and oxygen atoms in total. The van der Waals surface area contributed by atoms with Crippen LogP contribution in [-0.2, 0) is 0 Å². The van der Waals surface area contributed by atoms with E-state index in [1.165, 1.54) is 25.1 Å². The first kappa shape index (κ1) is 12.1. The minimum atomic E-state index is 0.764. The summed E-state index contributed by atoms with van der Waals surface area (Å²) in [6.07, 6.45) is 2.66. The fourth-order valence-electron chi connectivity index (χ4n) is 1.97. The molecule has 0 aliphatic carbocycles. The minimum absolute atomic E-state index is 0.764. The zero-order valence-corrected chi connectivity index (χ0v) is 10.8. The summed E-state index contributed by atoms with van der Waals surface area (Å²) < 4.78 is 2.56. The Bertz CT molecular complexity index is 198. The van der Waals surface area contributed by atoms with E-state index >= 15 is 0 Å². The van der Waals surface area contributed by atoms with E-state index in [2.05, 4.69) is 37.8 Å². The lowest BCUT2D eigenvalue weighted by Gasteiger charge is -2.20. The molecule has 0 amide bonds. The number of thioether (sulfide) groups is 1. The molecular weight excluding hydrogens is 190 g/mol. The third-order valence-corrected chi connectivity index (χ3v) is 4.05. The molecule has 1 aliphatic heterocycles. The van der Waals surface area contributed by atoms with Gasteiger partial charge < -0.3 is 0 Å². The van der Waals surface area contributed by atoms with Crippen molar-refractivity contribution in [3.8, 4) is 0 Å². The molecule has 14 heavy (non-hydrogen) atoms. The average molecular weight is 214 g/mol. The van der Waals surface area contributed by atoms with Crippen molar-refractivity contribution < 1.29 is 4.58 Å². The van der Waals surface area contributed by atoms with Crippen molar-refractivity contribution in [3.05, 3.63) is 0 Å². The molecule has 82 valence electrons. The fourth-order valence-corrected chi connectivity index (χ4v) is 2.85. The average Bonchev–Trinajstić information content (AvgIpc) is 2.65. The molecule has 2 atom stereocenters. The van der Waals surface area contributed by atoms with Crippen LogP contribution in [-0.4, -0.2) is 28.5 Å². The topological polar surface area (TPSA) is 3.01 Å². The van der Waals surface area contributed by atoms with Gasteiger partial charge in [0.25, 0.3) is 0 Å². The van der Waals surface area contributed by atoms with Crippen LogP contribution >= 0.6 is 11.8 Å². The molecule has 0 aromatic rings. The summed E-state index contributed by atoms with van der Waals surface area (Å²) in [4.78, 5) is 0. The third-order valence-electron chi connectivity index (χ3n) is 3.21. The fraction of sp³-hybridized carbons (Fsp3) is 0.917. The highest BCUT2D eigenvalue weighted by Gasteiger charge is 2.28. The summed E-state index contributed by atoms with van der Waals surface area (Å²) in [6.45, 7) is 10.6. The van der Waals surface area contributed by atoms with Gasteiger partial charge in [-0.2, -0.15) is 0 Å². The lowest BCUT2D eigenvalue weighted by atomic mass is 9.92. The van der Waals surface area contributed by atoms with Gasteiger partial charge in [0.05, 0.1) is 5.75 Å². The van der Waals surface area contributed by atoms with Crippen molar-refractivity contribution >= 4 is 17.3 Å². The van der Waals surface area contributed by atoms with Crippen molar-refractivity contribution in [2.75, 3.05) is 12.3 Å². The molecule has 0 N–H and O–H groups in total. The Labute approximate surface area is 93.0 Å². The number of nitrogens with zero attached hydrogens (tertiary/aromatic N) is 1. The van der Waals surface area contributed by atoms with E-state index < -0.39 is 0 Å². The minimum Gasteiger partial charge on any atom is -0.227 e. The first-order valence-corrected chi connectivity index (χ1v) is 6.90. The second-order valence-corrected chi connectivity index (χ2v) is 5.73. The SMILES string of the molecule is CCC(C)CC(C(C)C)[N+]1=CSCC1. The molecule has 2 unspecified atom stereocenters. The largest absolute Gasteiger partial charge is 0.227 e. The summed E-state index contributed by atoms with van der Waals surface area (Å²) in [5.41, 5.74) is 2.34. The van der Waals surface area contributed by atoms with E-state index in [0.29, 0.717) is 0 Å². The monoisotopic (exact) mass is 214 g/mol. The third kappa shape index (κ3) is 3.30. The van der Waals surface area contributed by atoms with Gasteiger partial charge in [0.15, 0.2) is 18.1 Å². The van der Waals surface area contributed by atoms with Gasteiger partial charge in [0.1, 0.15) is 0 Å². The quantitative estimate of drug-likeness (QED) is 0.635. The van der Waals surface area contributed by atoms with Crippen LogP contribution in [0.3, 0.4) is 0 Å². The number of hydrogen-bond donors (Lipinski definition) is 0. The van der Waals surface area contributed by atoms with E-state index in [1.807, 2.05) is 11.8 Å². The van der Waals surface area contributed by atoms with Crippen LogP contribution in [0.4, 0.5) is 0 Å². The van der Waals surface area contributed by atoms with Gasteiger partial charge in [-0.1, -0.05) is 45.9 Å². The Morgan fingerprint density at radius 1 is 1.36 bits per heavy atom. The Kier molecular flexibility index (Phi) is 5.00. The van der Waals surface area contributed by atoms with E-state index in [-0.39, 0.29) is 0 Å². The lowest BCUT2D eigenvalue weighted by Crippen LogP contribution is -2.32. The van der Waals surface area contributed by atoms with E-state index in [1.54, 1.807) is 0 Å². The van der Waals surface area contributed by atoms with Crippen LogP contribution in [0.15, 0.2) is 0 Å². The highest BCUT2D eigenvalue weighted by Crippen LogP contribution is 2.21. The smallest absolute Gasteiger partial charge is 0.198 e. The molecule has 0 aromatic heterocycles. The molecule has 1 heterocycles.